The molecule has 0 aliphatic carbocycles. The molecular weight excluding hydrogens is 208 g/mol. The Labute approximate surface area is 97.0 Å². The monoisotopic (exact) mass is 230 g/mol. The third kappa shape index (κ3) is 5.11. The minimum absolute atomic E-state index is 0.0379. The number of nitrogens with zero attached hydrogens (tertiary/aromatic N) is 2. The standard InChI is InChI=1S/C11H22N2O3/c1-5-9(3)13(8-11(15)16)7-10(14)12(4)6-2/h9H,5-8H2,1-4H3,(H,15,16). The average molecular weight is 230 g/mol. The minimum Gasteiger partial charge on any atom is -0.480 e. The van der Waals surface area contributed by atoms with Crippen LogP contribution < -0.4 is 0 Å². The summed E-state index contributed by atoms with van der Waals surface area (Å²) in [5.74, 6) is -0.934. The van der Waals surface area contributed by atoms with Gasteiger partial charge >= 0.3 is 5.97 Å². The molecule has 0 aromatic heterocycles. The first kappa shape index (κ1) is 14.9. The van der Waals surface area contributed by atoms with Crippen molar-refractivity contribution in [1.82, 2.24) is 9.80 Å². The Bertz CT molecular complexity index is 243. The molecule has 94 valence electrons. The van der Waals surface area contributed by atoms with Crippen LogP contribution in [0.15, 0.2) is 0 Å². The van der Waals surface area contributed by atoms with Crippen LogP contribution in [0.4, 0.5) is 0 Å². The zero-order valence-electron chi connectivity index (χ0n) is 10.6. The van der Waals surface area contributed by atoms with Gasteiger partial charge in [-0.15, -0.1) is 0 Å². The van der Waals surface area contributed by atoms with E-state index < -0.39 is 5.97 Å². The SMILES string of the molecule is CCC(C)N(CC(=O)O)CC(=O)N(C)CC. The molecule has 0 aromatic carbocycles. The van der Waals surface area contributed by atoms with Gasteiger partial charge in [-0.2, -0.15) is 0 Å². The van der Waals surface area contributed by atoms with Gasteiger partial charge in [0, 0.05) is 19.6 Å². The quantitative estimate of drug-likeness (QED) is 0.697. The highest BCUT2D eigenvalue weighted by Crippen LogP contribution is 2.03. The first-order valence-corrected chi connectivity index (χ1v) is 5.62. The molecule has 0 rings (SSSR count). The van der Waals surface area contributed by atoms with E-state index in [1.165, 1.54) is 0 Å². The first-order chi connectivity index (χ1) is 7.42. The lowest BCUT2D eigenvalue weighted by Crippen LogP contribution is -2.44. The second-order valence-electron chi connectivity index (χ2n) is 3.96. The number of carbonyl (C=O) groups excluding carboxylic acids is 1. The van der Waals surface area contributed by atoms with Crippen molar-refractivity contribution in [3.8, 4) is 0 Å². The maximum Gasteiger partial charge on any atom is 0.317 e. The van der Waals surface area contributed by atoms with Crippen LogP contribution in [0.3, 0.4) is 0 Å². The van der Waals surface area contributed by atoms with E-state index in [9.17, 15) is 9.59 Å². The predicted octanol–water partition coefficient (Wildman–Crippen LogP) is 0.650. The molecule has 5 nitrogen and oxygen atoms in total. The minimum atomic E-state index is -0.896. The van der Waals surface area contributed by atoms with E-state index in [4.69, 9.17) is 5.11 Å². The fourth-order valence-corrected chi connectivity index (χ4v) is 1.27. The van der Waals surface area contributed by atoms with Crippen LogP contribution >= 0.6 is 0 Å². The Morgan fingerprint density at radius 1 is 1.25 bits per heavy atom. The van der Waals surface area contributed by atoms with Crippen LogP contribution in [0.2, 0.25) is 0 Å². The van der Waals surface area contributed by atoms with Crippen LogP contribution in [-0.2, 0) is 9.59 Å². The molecule has 0 saturated carbocycles. The molecule has 0 aliphatic heterocycles. The lowest BCUT2D eigenvalue weighted by molar-refractivity contribution is -0.140. The number of rotatable bonds is 7. The number of carboxylic acid groups (broad SMARTS) is 1. The van der Waals surface area contributed by atoms with Gasteiger partial charge < -0.3 is 10.0 Å². The third-order valence-corrected chi connectivity index (χ3v) is 2.79. The predicted molar refractivity (Wildman–Crippen MR) is 62.3 cm³/mol. The number of carbonyl (C=O) groups is 2. The second kappa shape index (κ2) is 7.22. The van der Waals surface area contributed by atoms with E-state index >= 15 is 0 Å². The van der Waals surface area contributed by atoms with Crippen LogP contribution in [-0.4, -0.2) is 59.5 Å². The highest BCUT2D eigenvalue weighted by molar-refractivity contribution is 5.79. The zero-order chi connectivity index (χ0) is 12.7. The highest BCUT2D eigenvalue weighted by Gasteiger charge is 2.19. The Balaban J connectivity index is 4.41. The number of hydrogen-bond acceptors (Lipinski definition) is 3. The smallest absolute Gasteiger partial charge is 0.317 e. The summed E-state index contributed by atoms with van der Waals surface area (Å²) >= 11 is 0. The summed E-state index contributed by atoms with van der Waals surface area (Å²) in [5, 5.41) is 8.77. The van der Waals surface area contributed by atoms with Crippen LogP contribution in [0.25, 0.3) is 0 Å². The van der Waals surface area contributed by atoms with E-state index in [1.807, 2.05) is 20.8 Å². The summed E-state index contributed by atoms with van der Waals surface area (Å²) in [6.45, 7) is 6.53. The van der Waals surface area contributed by atoms with Crippen LogP contribution in [0.1, 0.15) is 27.2 Å². The van der Waals surface area contributed by atoms with Gasteiger partial charge in [0.1, 0.15) is 0 Å². The zero-order valence-corrected chi connectivity index (χ0v) is 10.6. The van der Waals surface area contributed by atoms with Crippen molar-refractivity contribution in [3.63, 3.8) is 0 Å². The maximum atomic E-state index is 11.7. The van der Waals surface area contributed by atoms with Gasteiger partial charge in [-0.1, -0.05) is 6.92 Å². The molecule has 0 aromatic rings. The van der Waals surface area contributed by atoms with Gasteiger partial charge in [-0.3, -0.25) is 14.5 Å². The summed E-state index contributed by atoms with van der Waals surface area (Å²) in [6.07, 6.45) is 0.830. The van der Waals surface area contributed by atoms with Crippen molar-refractivity contribution >= 4 is 11.9 Å². The van der Waals surface area contributed by atoms with E-state index in [2.05, 4.69) is 0 Å². The van der Waals surface area contributed by atoms with Crippen molar-refractivity contribution in [2.75, 3.05) is 26.7 Å². The lowest BCUT2D eigenvalue weighted by Gasteiger charge is -2.27. The lowest BCUT2D eigenvalue weighted by atomic mass is 10.2. The molecular formula is C11H22N2O3. The van der Waals surface area contributed by atoms with Gasteiger partial charge in [0.25, 0.3) is 0 Å². The van der Waals surface area contributed by atoms with E-state index in [0.29, 0.717) is 6.54 Å². The molecule has 0 spiro atoms. The summed E-state index contributed by atoms with van der Waals surface area (Å²) in [5.41, 5.74) is 0. The van der Waals surface area contributed by atoms with Gasteiger partial charge in [0.15, 0.2) is 0 Å². The van der Waals surface area contributed by atoms with Crippen molar-refractivity contribution in [3.05, 3.63) is 0 Å². The van der Waals surface area contributed by atoms with Crippen molar-refractivity contribution < 1.29 is 14.7 Å². The molecule has 0 fully saturated rings. The molecule has 1 amide bonds. The molecule has 0 heterocycles. The summed E-state index contributed by atoms with van der Waals surface area (Å²) in [4.78, 5) is 25.6. The number of amides is 1. The highest BCUT2D eigenvalue weighted by atomic mass is 16.4. The van der Waals surface area contributed by atoms with E-state index in [1.54, 1.807) is 16.8 Å². The fourth-order valence-electron chi connectivity index (χ4n) is 1.27. The number of carboxylic acids is 1. The molecule has 5 heteroatoms. The molecule has 0 bridgehead atoms. The summed E-state index contributed by atoms with van der Waals surface area (Å²) < 4.78 is 0. The summed E-state index contributed by atoms with van der Waals surface area (Å²) in [7, 11) is 1.72. The first-order valence-electron chi connectivity index (χ1n) is 5.62. The molecule has 1 atom stereocenters. The van der Waals surface area contributed by atoms with Gasteiger partial charge in [0.05, 0.1) is 13.1 Å². The van der Waals surface area contributed by atoms with Crippen LogP contribution in [0, 0.1) is 0 Å². The third-order valence-electron chi connectivity index (χ3n) is 2.79. The number of aliphatic carboxylic acids is 1. The van der Waals surface area contributed by atoms with E-state index in [0.717, 1.165) is 6.42 Å². The molecule has 16 heavy (non-hydrogen) atoms. The Morgan fingerprint density at radius 3 is 2.19 bits per heavy atom. The maximum absolute atomic E-state index is 11.7. The second-order valence-corrected chi connectivity index (χ2v) is 3.96. The van der Waals surface area contributed by atoms with Crippen molar-refractivity contribution in [2.45, 2.75) is 33.2 Å². The van der Waals surface area contributed by atoms with Crippen LogP contribution in [0.5, 0.6) is 0 Å². The molecule has 1 unspecified atom stereocenters. The van der Waals surface area contributed by atoms with Gasteiger partial charge in [-0.25, -0.2) is 0 Å². The Morgan fingerprint density at radius 2 is 1.81 bits per heavy atom. The molecule has 0 radical (unpaired) electrons. The summed E-state index contributed by atoms with van der Waals surface area (Å²) in [6, 6.07) is 0.102. The fraction of sp³-hybridized carbons (Fsp3) is 0.818. The molecule has 0 aliphatic rings. The van der Waals surface area contributed by atoms with Gasteiger partial charge in [-0.05, 0) is 20.3 Å². The van der Waals surface area contributed by atoms with E-state index in [-0.39, 0.29) is 25.0 Å². The normalized spacial score (nSPS) is 12.6. The molecule has 1 N–H and O–H groups in total. The van der Waals surface area contributed by atoms with Crippen molar-refractivity contribution in [2.24, 2.45) is 0 Å². The number of hydrogen-bond donors (Lipinski definition) is 1. The Hall–Kier alpha value is -1.10. The topological polar surface area (TPSA) is 60.9 Å². The number of likely N-dealkylation sites (N-methyl/N-ethyl adjacent to an activating group) is 1. The van der Waals surface area contributed by atoms with Gasteiger partial charge in [0.2, 0.25) is 5.91 Å². The molecule has 0 saturated heterocycles. The largest absolute Gasteiger partial charge is 0.480 e. The van der Waals surface area contributed by atoms with Crippen molar-refractivity contribution in [1.29, 1.82) is 0 Å². The Kier molecular flexibility index (Phi) is 6.72. The average Bonchev–Trinajstić information content (AvgIpc) is 2.25.